The summed E-state index contributed by atoms with van der Waals surface area (Å²) in [7, 11) is 0. The molecule has 0 unspecified atom stereocenters. The van der Waals surface area contributed by atoms with E-state index in [1.165, 1.54) is 18.2 Å². The van der Waals surface area contributed by atoms with Gasteiger partial charge in [0.2, 0.25) is 0 Å². The van der Waals surface area contributed by atoms with Gasteiger partial charge in [0.25, 0.3) is 0 Å². The largest absolute Gasteiger partial charge is 0.462 e. The second kappa shape index (κ2) is 7.94. The molecule has 1 aromatic rings. The molecule has 0 aliphatic carbocycles. The molecule has 6 heteroatoms. The third-order valence-electron chi connectivity index (χ3n) is 2.38. The van der Waals surface area contributed by atoms with Crippen molar-refractivity contribution < 1.29 is 23.0 Å². The maximum absolute atomic E-state index is 12.1. The van der Waals surface area contributed by atoms with Crippen molar-refractivity contribution in [2.45, 2.75) is 26.4 Å². The summed E-state index contributed by atoms with van der Waals surface area (Å²) in [5, 5.41) is 0. The summed E-state index contributed by atoms with van der Waals surface area (Å²) in [5.74, 6) is -0.0364. The van der Waals surface area contributed by atoms with Gasteiger partial charge in [0, 0.05) is 5.88 Å². The third-order valence-corrected chi connectivity index (χ3v) is 2.64. The number of ether oxygens (including phenoxy) is 2. The van der Waals surface area contributed by atoms with Crippen LogP contribution < -0.4 is 4.74 Å². The summed E-state index contributed by atoms with van der Waals surface area (Å²) in [6.45, 7) is -0.942. The lowest BCUT2D eigenvalue weighted by Gasteiger charge is -2.11. The quantitative estimate of drug-likeness (QED) is 0.568. The van der Waals surface area contributed by atoms with Crippen molar-refractivity contribution in [1.82, 2.24) is 0 Å². The Morgan fingerprint density at radius 1 is 1.42 bits per heavy atom. The van der Waals surface area contributed by atoms with Crippen molar-refractivity contribution in [3.05, 3.63) is 29.3 Å². The van der Waals surface area contributed by atoms with Crippen molar-refractivity contribution in [3.63, 3.8) is 0 Å². The lowest BCUT2D eigenvalue weighted by molar-refractivity contribution is -0.0498. The summed E-state index contributed by atoms with van der Waals surface area (Å²) in [5.41, 5.74) is 0.950. The Morgan fingerprint density at radius 3 is 2.74 bits per heavy atom. The normalized spacial score (nSPS) is 10.6. The van der Waals surface area contributed by atoms with Gasteiger partial charge in [0.05, 0.1) is 12.2 Å². The van der Waals surface area contributed by atoms with Crippen LogP contribution in [0.25, 0.3) is 0 Å². The summed E-state index contributed by atoms with van der Waals surface area (Å²) in [6.07, 6.45) is 1.13. The van der Waals surface area contributed by atoms with E-state index in [2.05, 4.69) is 4.74 Å². The predicted octanol–water partition coefficient (Wildman–Crippen LogP) is 3.64. The lowest BCUT2D eigenvalue weighted by Crippen LogP contribution is -2.09. The smallest absolute Gasteiger partial charge is 0.387 e. The molecule has 19 heavy (non-hydrogen) atoms. The minimum Gasteiger partial charge on any atom is -0.462 e. The van der Waals surface area contributed by atoms with Gasteiger partial charge >= 0.3 is 12.6 Å². The topological polar surface area (TPSA) is 35.5 Å². The fourth-order valence-corrected chi connectivity index (χ4v) is 1.75. The number of hydrogen-bond acceptors (Lipinski definition) is 3. The molecule has 0 radical (unpaired) electrons. The average Bonchev–Trinajstić information content (AvgIpc) is 2.36. The van der Waals surface area contributed by atoms with E-state index in [4.69, 9.17) is 16.3 Å². The zero-order valence-corrected chi connectivity index (χ0v) is 11.3. The van der Waals surface area contributed by atoms with Gasteiger partial charge in [-0.25, -0.2) is 4.79 Å². The Hall–Kier alpha value is -1.36. The second-order valence-corrected chi connectivity index (χ2v) is 4.09. The first-order valence-corrected chi connectivity index (χ1v) is 6.42. The molecule has 0 fully saturated rings. The molecule has 0 saturated carbocycles. The first-order chi connectivity index (χ1) is 9.08. The number of hydrogen-bond donors (Lipinski definition) is 0. The van der Waals surface area contributed by atoms with Gasteiger partial charge in [-0.3, -0.25) is 0 Å². The van der Waals surface area contributed by atoms with Crippen LogP contribution >= 0.6 is 11.6 Å². The van der Waals surface area contributed by atoms with Crippen LogP contribution in [0.3, 0.4) is 0 Å². The standard InChI is InChI=1S/C13H15ClF2O3/c1-2-18-12(17)11-6-5-10(19-13(15)16)8-9(11)4-3-7-14/h5-6,8,13H,2-4,7H2,1H3. The molecule has 0 atom stereocenters. The highest BCUT2D eigenvalue weighted by molar-refractivity contribution is 6.17. The van der Waals surface area contributed by atoms with Crippen LogP contribution in [0.4, 0.5) is 8.78 Å². The van der Waals surface area contributed by atoms with Crippen LogP contribution in [0, 0.1) is 0 Å². The lowest BCUT2D eigenvalue weighted by atomic mass is 10.0. The summed E-state index contributed by atoms with van der Waals surface area (Å²) >= 11 is 5.60. The van der Waals surface area contributed by atoms with E-state index in [0.717, 1.165) is 0 Å². The Balaban J connectivity index is 2.98. The van der Waals surface area contributed by atoms with Crippen molar-refractivity contribution in [1.29, 1.82) is 0 Å². The van der Waals surface area contributed by atoms with E-state index in [1.54, 1.807) is 6.92 Å². The van der Waals surface area contributed by atoms with Crippen LogP contribution in [0.1, 0.15) is 29.3 Å². The van der Waals surface area contributed by atoms with Crippen LogP contribution in [-0.2, 0) is 11.2 Å². The van der Waals surface area contributed by atoms with Gasteiger partial charge in [-0.05, 0) is 43.5 Å². The van der Waals surface area contributed by atoms with E-state index < -0.39 is 12.6 Å². The molecule has 0 aliphatic heterocycles. The molecular formula is C13H15ClF2O3. The van der Waals surface area contributed by atoms with Crippen LogP contribution in [0.15, 0.2) is 18.2 Å². The van der Waals surface area contributed by atoms with E-state index in [0.29, 0.717) is 29.8 Å². The minimum absolute atomic E-state index is 0.0209. The number of carbonyl (C=O) groups excluding carboxylic acids is 1. The van der Waals surface area contributed by atoms with E-state index in [1.807, 2.05) is 0 Å². The maximum atomic E-state index is 12.1. The van der Waals surface area contributed by atoms with Crippen LogP contribution in [-0.4, -0.2) is 25.1 Å². The number of alkyl halides is 3. The van der Waals surface area contributed by atoms with E-state index in [9.17, 15) is 13.6 Å². The van der Waals surface area contributed by atoms with Crippen molar-refractivity contribution in [2.24, 2.45) is 0 Å². The Bertz CT molecular complexity index is 424. The molecule has 1 rings (SSSR count). The monoisotopic (exact) mass is 292 g/mol. The Morgan fingerprint density at radius 2 is 2.16 bits per heavy atom. The molecule has 0 bridgehead atoms. The molecule has 106 valence electrons. The molecule has 0 aromatic heterocycles. The van der Waals surface area contributed by atoms with Gasteiger partial charge < -0.3 is 9.47 Å². The fraction of sp³-hybridized carbons (Fsp3) is 0.462. The Labute approximate surface area is 115 Å². The number of aryl methyl sites for hydroxylation is 1. The van der Waals surface area contributed by atoms with Gasteiger partial charge in [-0.15, -0.1) is 11.6 Å². The number of rotatable bonds is 7. The first-order valence-electron chi connectivity index (χ1n) is 5.89. The molecule has 0 spiro atoms. The highest BCUT2D eigenvalue weighted by Gasteiger charge is 2.14. The molecule has 1 aromatic carbocycles. The highest BCUT2D eigenvalue weighted by Crippen LogP contribution is 2.22. The maximum Gasteiger partial charge on any atom is 0.387 e. The zero-order chi connectivity index (χ0) is 14.3. The average molecular weight is 293 g/mol. The van der Waals surface area contributed by atoms with Gasteiger partial charge in [0.1, 0.15) is 5.75 Å². The number of halogens is 3. The van der Waals surface area contributed by atoms with E-state index in [-0.39, 0.29) is 12.4 Å². The first kappa shape index (κ1) is 15.7. The summed E-state index contributed by atoms with van der Waals surface area (Å²) in [4.78, 5) is 11.7. The molecule has 0 aliphatic rings. The molecule has 3 nitrogen and oxygen atoms in total. The summed E-state index contributed by atoms with van der Waals surface area (Å²) < 4.78 is 33.5. The number of benzene rings is 1. The second-order valence-electron chi connectivity index (χ2n) is 3.71. The minimum atomic E-state index is -2.89. The Kier molecular flexibility index (Phi) is 6.56. The van der Waals surface area contributed by atoms with Crippen LogP contribution in [0.5, 0.6) is 5.75 Å². The molecule has 0 amide bonds. The van der Waals surface area contributed by atoms with Crippen LogP contribution in [0.2, 0.25) is 0 Å². The molecule has 0 N–H and O–H groups in total. The molecule has 0 saturated heterocycles. The van der Waals surface area contributed by atoms with Crippen molar-refractivity contribution in [3.8, 4) is 5.75 Å². The summed E-state index contributed by atoms with van der Waals surface area (Å²) in [6, 6.07) is 4.17. The van der Waals surface area contributed by atoms with Gasteiger partial charge in [-0.1, -0.05) is 0 Å². The van der Waals surface area contributed by atoms with Gasteiger partial charge in [-0.2, -0.15) is 8.78 Å². The highest BCUT2D eigenvalue weighted by atomic mass is 35.5. The number of esters is 1. The zero-order valence-electron chi connectivity index (χ0n) is 10.5. The van der Waals surface area contributed by atoms with Crippen molar-refractivity contribution in [2.75, 3.05) is 12.5 Å². The fourth-order valence-electron chi connectivity index (χ4n) is 1.62. The van der Waals surface area contributed by atoms with Crippen molar-refractivity contribution >= 4 is 17.6 Å². The third kappa shape index (κ3) is 5.03. The molecular weight excluding hydrogens is 278 g/mol. The SMILES string of the molecule is CCOC(=O)c1ccc(OC(F)F)cc1CCCCl. The molecule has 0 heterocycles. The number of carbonyl (C=O) groups is 1. The van der Waals surface area contributed by atoms with Gasteiger partial charge in [0.15, 0.2) is 0 Å². The predicted molar refractivity (Wildman–Crippen MR) is 68.1 cm³/mol. The van der Waals surface area contributed by atoms with E-state index >= 15 is 0 Å².